The summed E-state index contributed by atoms with van der Waals surface area (Å²) in [6, 6.07) is 68.7. The lowest BCUT2D eigenvalue weighted by atomic mass is 9.82. The molecule has 0 radical (unpaired) electrons. The van der Waals surface area contributed by atoms with E-state index >= 15 is 0 Å². The number of fused-ring (bicyclic) bond motifs is 10. The van der Waals surface area contributed by atoms with Crippen molar-refractivity contribution in [1.29, 1.82) is 0 Å². The van der Waals surface area contributed by atoms with Crippen molar-refractivity contribution in [2.24, 2.45) is 0 Å². The number of rotatable bonds is 6. The minimum Gasteiger partial charge on any atom is -0.456 e. The fourth-order valence-corrected chi connectivity index (χ4v) is 11.2. The molecule has 1 aliphatic rings. The summed E-state index contributed by atoms with van der Waals surface area (Å²) in [4.78, 5) is 5.03. The molecule has 0 aliphatic heterocycles. The van der Waals surface area contributed by atoms with Crippen LogP contribution in [0.1, 0.15) is 30.5 Å². The topological polar surface area (TPSA) is 19.6 Å². The first-order valence-electron chi connectivity index (χ1n) is 20.7. The summed E-state index contributed by atoms with van der Waals surface area (Å²) in [6.45, 7) is 7.03. The van der Waals surface area contributed by atoms with Gasteiger partial charge in [-0.1, -0.05) is 141 Å². The summed E-state index contributed by atoms with van der Waals surface area (Å²) in [5.74, 6) is 0. The molecule has 60 heavy (non-hydrogen) atoms. The van der Waals surface area contributed by atoms with Crippen molar-refractivity contribution in [2.45, 2.75) is 26.2 Å². The molecule has 3 nitrogen and oxygen atoms in total. The van der Waals surface area contributed by atoms with Gasteiger partial charge in [-0.25, -0.2) is 0 Å². The van der Waals surface area contributed by atoms with E-state index in [1.165, 1.54) is 58.9 Å². The maximum Gasteiger partial charge on any atom is 0.137 e. The van der Waals surface area contributed by atoms with E-state index in [2.05, 4.69) is 219 Å². The van der Waals surface area contributed by atoms with Gasteiger partial charge in [0.2, 0.25) is 0 Å². The Morgan fingerprint density at radius 1 is 0.417 bits per heavy atom. The number of thiophene rings is 1. The molecule has 286 valence electrons. The third kappa shape index (κ3) is 5.01. The van der Waals surface area contributed by atoms with Gasteiger partial charge >= 0.3 is 0 Å². The maximum absolute atomic E-state index is 6.56. The largest absolute Gasteiger partial charge is 0.456 e. The number of benzene rings is 9. The predicted molar refractivity (Wildman–Crippen MR) is 256 cm³/mol. The van der Waals surface area contributed by atoms with E-state index in [-0.39, 0.29) is 5.41 Å². The van der Waals surface area contributed by atoms with E-state index in [4.69, 9.17) is 4.42 Å². The molecular weight excluding hydrogens is 749 g/mol. The second-order valence-corrected chi connectivity index (χ2v) is 17.5. The molecule has 0 saturated carbocycles. The summed E-state index contributed by atoms with van der Waals surface area (Å²) in [7, 11) is 0. The van der Waals surface area contributed by atoms with Crippen molar-refractivity contribution < 1.29 is 4.42 Å². The first-order valence-corrected chi connectivity index (χ1v) is 21.5. The minimum absolute atomic E-state index is 0.145. The fourth-order valence-electron chi connectivity index (χ4n) is 10.1. The van der Waals surface area contributed by atoms with Gasteiger partial charge in [-0.3, -0.25) is 0 Å². The van der Waals surface area contributed by atoms with E-state index in [9.17, 15) is 0 Å². The lowest BCUT2D eigenvalue weighted by Gasteiger charge is -2.34. The van der Waals surface area contributed by atoms with Gasteiger partial charge < -0.3 is 14.2 Å². The highest BCUT2D eigenvalue weighted by molar-refractivity contribution is 7.26. The number of anilines is 6. The Hall–Kier alpha value is -7.14. The summed E-state index contributed by atoms with van der Waals surface area (Å²) >= 11 is 1.85. The van der Waals surface area contributed by atoms with Crippen LogP contribution in [0.3, 0.4) is 0 Å². The van der Waals surface area contributed by atoms with Crippen LogP contribution in [0.25, 0.3) is 64.0 Å². The molecule has 0 spiro atoms. The molecule has 11 aromatic rings. The molecule has 0 fully saturated rings. The summed E-state index contributed by atoms with van der Waals surface area (Å²) in [6.07, 6.45) is 0. The summed E-state index contributed by atoms with van der Waals surface area (Å²) in [5, 5.41) is 7.11. The van der Waals surface area contributed by atoms with Crippen LogP contribution in [-0.4, -0.2) is 0 Å². The highest BCUT2D eigenvalue weighted by Crippen LogP contribution is 2.56. The van der Waals surface area contributed by atoms with E-state index in [1.54, 1.807) is 0 Å². The molecule has 0 bridgehead atoms. The van der Waals surface area contributed by atoms with E-state index < -0.39 is 0 Å². The molecule has 0 N–H and O–H groups in total. The predicted octanol–water partition coefficient (Wildman–Crippen LogP) is 16.7. The Morgan fingerprint density at radius 3 is 1.82 bits per heavy atom. The highest BCUT2D eigenvalue weighted by Gasteiger charge is 2.38. The van der Waals surface area contributed by atoms with Crippen LogP contribution in [0.4, 0.5) is 34.1 Å². The lowest BCUT2D eigenvalue weighted by molar-refractivity contribution is 0.660. The van der Waals surface area contributed by atoms with Crippen molar-refractivity contribution in [3.8, 4) is 11.1 Å². The number of hydrogen-bond donors (Lipinski definition) is 0. The molecule has 9 aromatic carbocycles. The van der Waals surface area contributed by atoms with Gasteiger partial charge in [0.1, 0.15) is 11.2 Å². The van der Waals surface area contributed by atoms with Gasteiger partial charge in [0, 0.05) is 41.9 Å². The zero-order valence-corrected chi connectivity index (χ0v) is 34.4. The van der Waals surface area contributed by atoms with Crippen LogP contribution in [-0.2, 0) is 5.41 Å². The molecule has 0 unspecified atom stereocenters. The number of nitrogens with zero attached hydrogens (tertiary/aromatic N) is 2. The first-order chi connectivity index (χ1) is 29.5. The Morgan fingerprint density at radius 2 is 0.950 bits per heavy atom. The highest BCUT2D eigenvalue weighted by atomic mass is 32.1. The van der Waals surface area contributed by atoms with Crippen LogP contribution in [0.2, 0.25) is 0 Å². The van der Waals surface area contributed by atoms with Gasteiger partial charge in [0.05, 0.1) is 39.5 Å². The summed E-state index contributed by atoms with van der Waals surface area (Å²) in [5.41, 5.74) is 14.8. The molecule has 0 amide bonds. The maximum atomic E-state index is 6.56. The third-order valence-corrected chi connectivity index (χ3v) is 14.0. The van der Waals surface area contributed by atoms with Crippen LogP contribution >= 0.6 is 11.3 Å². The molecule has 0 saturated heterocycles. The second kappa shape index (κ2) is 13.2. The molecule has 2 heterocycles. The number of hydrogen-bond acceptors (Lipinski definition) is 4. The zero-order chi connectivity index (χ0) is 40.1. The van der Waals surface area contributed by atoms with Gasteiger partial charge in [-0.2, -0.15) is 0 Å². The smallest absolute Gasteiger partial charge is 0.137 e. The van der Waals surface area contributed by atoms with Gasteiger partial charge in [-0.15, -0.1) is 11.3 Å². The Labute approximate surface area is 353 Å². The molecule has 12 rings (SSSR count). The molecular formula is C56H40N2OS. The van der Waals surface area contributed by atoms with E-state index in [1.807, 2.05) is 11.3 Å². The average molecular weight is 789 g/mol. The van der Waals surface area contributed by atoms with Gasteiger partial charge in [0.15, 0.2) is 0 Å². The Balaban J connectivity index is 1.18. The standard InChI is InChI=1S/C56H40N2OS/c1-35-43(57(45-27-12-18-36-17-4-5-19-37(36)45)46-28-13-24-42-53(46)38-20-6-9-23-41(38)56(42,2)3)25-14-26-44(35)58(47-29-15-32-50-54(47)39-21-7-10-31-49(39)59-50)48-30-16-34-52-55(48)40-22-8-11-33-51(40)60-52/h4-34H,1-3H3. The van der Waals surface area contributed by atoms with Crippen molar-refractivity contribution in [3.63, 3.8) is 0 Å². The van der Waals surface area contributed by atoms with Crippen LogP contribution in [0, 0.1) is 6.92 Å². The third-order valence-electron chi connectivity index (χ3n) is 12.8. The zero-order valence-electron chi connectivity index (χ0n) is 33.6. The number of furan rings is 1. The van der Waals surface area contributed by atoms with Gasteiger partial charge in [-0.05, 0) is 95.2 Å². The van der Waals surface area contributed by atoms with Crippen LogP contribution < -0.4 is 9.80 Å². The Kier molecular flexibility index (Phi) is 7.66. The molecule has 0 atom stereocenters. The normalized spacial score (nSPS) is 13.1. The van der Waals surface area contributed by atoms with Crippen molar-refractivity contribution in [3.05, 3.63) is 205 Å². The van der Waals surface area contributed by atoms with Gasteiger partial charge in [0.25, 0.3) is 0 Å². The van der Waals surface area contributed by atoms with Crippen molar-refractivity contribution in [2.75, 3.05) is 9.80 Å². The Bertz CT molecular complexity index is 3400. The monoisotopic (exact) mass is 788 g/mol. The minimum atomic E-state index is -0.145. The molecule has 2 aromatic heterocycles. The van der Waals surface area contributed by atoms with Crippen LogP contribution in [0.15, 0.2) is 192 Å². The quantitative estimate of drug-likeness (QED) is 0.167. The van der Waals surface area contributed by atoms with Crippen molar-refractivity contribution >= 4 is 98.3 Å². The SMILES string of the molecule is Cc1c(N(c2cccc3c2-c2ccccc2C3(C)C)c2cccc3ccccc23)cccc1N(c1cccc2oc3ccccc3c12)c1cccc2sc3ccccc3c12. The van der Waals surface area contributed by atoms with Crippen molar-refractivity contribution in [1.82, 2.24) is 0 Å². The van der Waals surface area contributed by atoms with E-state index in [0.717, 1.165) is 55.9 Å². The van der Waals surface area contributed by atoms with E-state index in [0.29, 0.717) is 0 Å². The molecule has 1 aliphatic carbocycles. The lowest BCUT2D eigenvalue weighted by Crippen LogP contribution is -2.18. The number of para-hydroxylation sites is 1. The molecule has 4 heteroatoms. The first kappa shape index (κ1) is 34.9. The van der Waals surface area contributed by atoms with Crippen LogP contribution in [0.5, 0.6) is 0 Å². The average Bonchev–Trinajstić information content (AvgIpc) is 3.94. The summed E-state index contributed by atoms with van der Waals surface area (Å²) < 4.78 is 9.10. The fraction of sp³-hybridized carbons (Fsp3) is 0.0714. The second-order valence-electron chi connectivity index (χ2n) is 16.5.